The summed E-state index contributed by atoms with van der Waals surface area (Å²) in [5, 5.41) is 9.28. The fourth-order valence-electron chi connectivity index (χ4n) is 0.656. The van der Waals surface area contributed by atoms with E-state index in [2.05, 4.69) is 0 Å². The van der Waals surface area contributed by atoms with Gasteiger partial charge in [0, 0.05) is 17.9 Å². The lowest BCUT2D eigenvalue weighted by Gasteiger charge is -2.05. The Labute approximate surface area is 74.3 Å². The zero-order chi connectivity index (χ0) is 9.72. The molecular formula is C10H18O2. The second-order valence-corrected chi connectivity index (χ2v) is 3.44. The topological polar surface area (TPSA) is 37.3 Å². The first kappa shape index (κ1) is 11.2. The number of hydrogen-bond donors (Lipinski definition) is 1. The molecule has 0 fully saturated rings. The smallest absolute Gasteiger partial charge is 0.161 e. The summed E-state index contributed by atoms with van der Waals surface area (Å²) < 4.78 is 0. The molecule has 1 unspecified atom stereocenters. The van der Waals surface area contributed by atoms with Crippen molar-refractivity contribution < 1.29 is 9.90 Å². The van der Waals surface area contributed by atoms with Gasteiger partial charge in [-0.3, -0.25) is 4.79 Å². The number of aliphatic hydroxyl groups is 1. The van der Waals surface area contributed by atoms with Crippen LogP contribution in [0, 0.1) is 11.8 Å². The standard InChI is InChI=1S/C10H18O2/c1-5-8(4)10(12)6-9(11)7(2)3/h6-8,11H,5H2,1-4H3/b9-6-. The Hall–Kier alpha value is -0.790. The molecule has 0 aromatic heterocycles. The minimum Gasteiger partial charge on any atom is -0.512 e. The number of allylic oxidation sites excluding steroid dienone is 2. The number of carbonyl (C=O) groups is 1. The molecule has 1 atom stereocenters. The van der Waals surface area contributed by atoms with Crippen molar-refractivity contribution in [2.24, 2.45) is 11.8 Å². The van der Waals surface area contributed by atoms with Gasteiger partial charge < -0.3 is 5.11 Å². The normalized spacial score (nSPS) is 14.9. The Kier molecular flexibility index (Phi) is 4.64. The Bertz CT molecular complexity index is 180. The monoisotopic (exact) mass is 170 g/mol. The molecule has 0 saturated heterocycles. The van der Waals surface area contributed by atoms with E-state index in [1.54, 1.807) is 0 Å². The molecule has 12 heavy (non-hydrogen) atoms. The molecule has 0 aromatic carbocycles. The summed E-state index contributed by atoms with van der Waals surface area (Å²) in [5.74, 6) is 0.257. The van der Waals surface area contributed by atoms with Crippen molar-refractivity contribution in [3.8, 4) is 0 Å². The molecule has 0 aliphatic rings. The summed E-state index contributed by atoms with van der Waals surface area (Å²) in [6.07, 6.45) is 2.17. The van der Waals surface area contributed by atoms with Gasteiger partial charge in [0.15, 0.2) is 5.78 Å². The molecule has 0 aromatic rings. The first-order valence-electron chi connectivity index (χ1n) is 4.43. The Morgan fingerprint density at radius 1 is 1.42 bits per heavy atom. The zero-order valence-corrected chi connectivity index (χ0v) is 8.29. The lowest BCUT2D eigenvalue weighted by Crippen LogP contribution is -2.08. The van der Waals surface area contributed by atoms with E-state index in [-0.39, 0.29) is 23.4 Å². The van der Waals surface area contributed by atoms with E-state index in [0.717, 1.165) is 6.42 Å². The zero-order valence-electron chi connectivity index (χ0n) is 8.29. The lowest BCUT2D eigenvalue weighted by molar-refractivity contribution is -0.117. The molecule has 0 aliphatic heterocycles. The van der Waals surface area contributed by atoms with Gasteiger partial charge in [0.1, 0.15) is 0 Å². The van der Waals surface area contributed by atoms with Crippen LogP contribution in [-0.4, -0.2) is 10.9 Å². The fraction of sp³-hybridized carbons (Fsp3) is 0.700. The molecule has 0 aliphatic carbocycles. The third-order valence-electron chi connectivity index (χ3n) is 1.98. The fourth-order valence-corrected chi connectivity index (χ4v) is 0.656. The summed E-state index contributed by atoms with van der Waals surface area (Å²) in [6, 6.07) is 0. The minimum atomic E-state index is 0.0173. The highest BCUT2D eigenvalue weighted by Crippen LogP contribution is 2.09. The summed E-state index contributed by atoms with van der Waals surface area (Å²) in [6.45, 7) is 7.54. The van der Waals surface area contributed by atoms with Crippen LogP contribution < -0.4 is 0 Å². The predicted octanol–water partition coefficient (Wildman–Crippen LogP) is 2.70. The number of ketones is 1. The van der Waals surface area contributed by atoms with Crippen molar-refractivity contribution in [3.05, 3.63) is 11.8 Å². The maximum Gasteiger partial charge on any atom is 0.161 e. The molecule has 0 heterocycles. The van der Waals surface area contributed by atoms with E-state index in [4.69, 9.17) is 0 Å². The van der Waals surface area contributed by atoms with Gasteiger partial charge in [-0.15, -0.1) is 0 Å². The van der Waals surface area contributed by atoms with Crippen LogP contribution in [0.5, 0.6) is 0 Å². The van der Waals surface area contributed by atoms with E-state index >= 15 is 0 Å². The van der Waals surface area contributed by atoms with Gasteiger partial charge >= 0.3 is 0 Å². The molecule has 0 radical (unpaired) electrons. The molecule has 2 nitrogen and oxygen atoms in total. The molecule has 70 valence electrons. The van der Waals surface area contributed by atoms with Crippen LogP contribution in [0.15, 0.2) is 11.8 Å². The van der Waals surface area contributed by atoms with Crippen molar-refractivity contribution in [2.45, 2.75) is 34.1 Å². The van der Waals surface area contributed by atoms with Crippen LogP contribution in [0.3, 0.4) is 0 Å². The van der Waals surface area contributed by atoms with E-state index in [1.165, 1.54) is 6.08 Å². The second kappa shape index (κ2) is 4.96. The van der Waals surface area contributed by atoms with Gasteiger partial charge in [-0.2, -0.15) is 0 Å². The van der Waals surface area contributed by atoms with Crippen LogP contribution in [-0.2, 0) is 4.79 Å². The molecule has 0 saturated carbocycles. The maximum atomic E-state index is 11.3. The first-order valence-corrected chi connectivity index (χ1v) is 4.43. The maximum absolute atomic E-state index is 11.3. The van der Waals surface area contributed by atoms with Crippen molar-refractivity contribution in [2.75, 3.05) is 0 Å². The Morgan fingerprint density at radius 2 is 1.92 bits per heavy atom. The number of carbonyl (C=O) groups excluding carboxylic acids is 1. The van der Waals surface area contributed by atoms with Crippen LogP contribution in [0.1, 0.15) is 34.1 Å². The average molecular weight is 170 g/mol. The molecule has 0 amide bonds. The Balaban J connectivity index is 4.23. The van der Waals surface area contributed by atoms with Crippen molar-refractivity contribution in [1.29, 1.82) is 0 Å². The van der Waals surface area contributed by atoms with E-state index in [1.807, 2.05) is 27.7 Å². The predicted molar refractivity (Wildman–Crippen MR) is 50.0 cm³/mol. The van der Waals surface area contributed by atoms with Gasteiger partial charge in [-0.25, -0.2) is 0 Å². The van der Waals surface area contributed by atoms with Gasteiger partial charge in [0.05, 0.1) is 5.76 Å². The molecule has 0 bridgehead atoms. The van der Waals surface area contributed by atoms with Crippen LogP contribution in [0.25, 0.3) is 0 Å². The van der Waals surface area contributed by atoms with Gasteiger partial charge in [0.2, 0.25) is 0 Å². The first-order chi connectivity index (χ1) is 5.49. The van der Waals surface area contributed by atoms with Crippen LogP contribution >= 0.6 is 0 Å². The molecular weight excluding hydrogens is 152 g/mol. The summed E-state index contributed by atoms with van der Waals surface area (Å²) in [4.78, 5) is 11.3. The molecule has 1 N–H and O–H groups in total. The highest BCUT2D eigenvalue weighted by molar-refractivity contribution is 5.91. The van der Waals surface area contributed by atoms with Gasteiger partial charge in [-0.1, -0.05) is 27.7 Å². The highest BCUT2D eigenvalue weighted by atomic mass is 16.3. The van der Waals surface area contributed by atoms with Crippen LogP contribution in [0.2, 0.25) is 0 Å². The average Bonchev–Trinajstić information content (AvgIpc) is 2.02. The van der Waals surface area contributed by atoms with Crippen molar-refractivity contribution >= 4 is 5.78 Å². The van der Waals surface area contributed by atoms with Crippen molar-refractivity contribution in [1.82, 2.24) is 0 Å². The number of rotatable bonds is 4. The number of aliphatic hydroxyl groups excluding tert-OH is 1. The SMILES string of the molecule is CCC(C)C(=O)/C=C(\O)C(C)C. The second-order valence-electron chi connectivity index (χ2n) is 3.44. The minimum absolute atomic E-state index is 0.0173. The quantitative estimate of drug-likeness (QED) is 0.520. The third-order valence-corrected chi connectivity index (χ3v) is 1.98. The third kappa shape index (κ3) is 3.56. The van der Waals surface area contributed by atoms with Crippen LogP contribution in [0.4, 0.5) is 0 Å². The van der Waals surface area contributed by atoms with Crippen molar-refractivity contribution in [3.63, 3.8) is 0 Å². The van der Waals surface area contributed by atoms with E-state index < -0.39 is 0 Å². The van der Waals surface area contributed by atoms with E-state index in [0.29, 0.717) is 0 Å². The van der Waals surface area contributed by atoms with Gasteiger partial charge in [0.25, 0.3) is 0 Å². The summed E-state index contributed by atoms with van der Waals surface area (Å²) in [7, 11) is 0. The molecule has 0 rings (SSSR count). The van der Waals surface area contributed by atoms with Gasteiger partial charge in [-0.05, 0) is 6.42 Å². The molecule has 2 heteroatoms. The summed E-state index contributed by atoms with van der Waals surface area (Å²) >= 11 is 0. The largest absolute Gasteiger partial charge is 0.512 e. The van der Waals surface area contributed by atoms with E-state index in [9.17, 15) is 9.90 Å². The lowest BCUT2D eigenvalue weighted by atomic mass is 10.0. The number of hydrogen-bond acceptors (Lipinski definition) is 2. The molecule has 0 spiro atoms. The highest BCUT2D eigenvalue weighted by Gasteiger charge is 2.09. The summed E-state index contributed by atoms with van der Waals surface area (Å²) in [5.41, 5.74) is 0. The Morgan fingerprint density at radius 3 is 2.25 bits per heavy atom.